The first-order chi connectivity index (χ1) is 9.38. The molecule has 3 N–H and O–H groups in total. The van der Waals surface area contributed by atoms with Crippen LogP contribution in [0.15, 0.2) is 34.8 Å². The number of hydrogen-bond donors (Lipinski definition) is 2. The van der Waals surface area contributed by atoms with E-state index in [1.165, 1.54) is 6.07 Å². The van der Waals surface area contributed by atoms with E-state index in [2.05, 4.69) is 21.2 Å². The topological polar surface area (TPSA) is 55.1 Å². The predicted octanol–water partition coefficient (Wildman–Crippen LogP) is 4.38. The third-order valence-corrected chi connectivity index (χ3v) is 4.04. The van der Waals surface area contributed by atoms with Gasteiger partial charge in [-0.1, -0.05) is 11.6 Å². The van der Waals surface area contributed by atoms with Gasteiger partial charge in [-0.15, -0.1) is 0 Å². The van der Waals surface area contributed by atoms with Crippen LogP contribution in [0.1, 0.15) is 15.9 Å². The van der Waals surface area contributed by atoms with Crippen LogP contribution in [0.4, 0.5) is 15.8 Å². The smallest absolute Gasteiger partial charge is 0.255 e. The second kappa shape index (κ2) is 5.81. The number of nitrogens with one attached hydrogen (secondary N) is 1. The number of carbonyl (C=O) groups excluding carboxylic acids is 1. The molecule has 6 heteroatoms. The van der Waals surface area contributed by atoms with E-state index in [1.54, 1.807) is 25.1 Å². The number of carbonyl (C=O) groups is 1. The molecule has 0 atom stereocenters. The van der Waals surface area contributed by atoms with Gasteiger partial charge in [-0.25, -0.2) is 4.39 Å². The number of halogens is 3. The average molecular weight is 358 g/mol. The van der Waals surface area contributed by atoms with Gasteiger partial charge in [0.15, 0.2) is 0 Å². The predicted molar refractivity (Wildman–Crippen MR) is 82.7 cm³/mol. The molecule has 0 saturated carbocycles. The van der Waals surface area contributed by atoms with Crippen LogP contribution in [0, 0.1) is 12.7 Å². The first-order valence-corrected chi connectivity index (χ1v) is 6.87. The van der Waals surface area contributed by atoms with Gasteiger partial charge < -0.3 is 11.1 Å². The lowest BCUT2D eigenvalue weighted by Crippen LogP contribution is -2.13. The molecular formula is C14H11BrClFN2O. The lowest BCUT2D eigenvalue weighted by Gasteiger charge is -2.09. The van der Waals surface area contributed by atoms with E-state index in [9.17, 15) is 9.18 Å². The first-order valence-electron chi connectivity index (χ1n) is 5.70. The highest BCUT2D eigenvalue weighted by atomic mass is 79.9. The van der Waals surface area contributed by atoms with Gasteiger partial charge in [0.1, 0.15) is 5.82 Å². The highest BCUT2D eigenvalue weighted by molar-refractivity contribution is 9.10. The van der Waals surface area contributed by atoms with Crippen LogP contribution in [0.25, 0.3) is 0 Å². The molecule has 0 saturated heterocycles. The van der Waals surface area contributed by atoms with E-state index < -0.39 is 11.7 Å². The van der Waals surface area contributed by atoms with E-state index in [1.807, 2.05) is 0 Å². The second-order valence-electron chi connectivity index (χ2n) is 4.26. The van der Waals surface area contributed by atoms with Gasteiger partial charge in [0.05, 0.1) is 5.02 Å². The maximum absolute atomic E-state index is 13.6. The Morgan fingerprint density at radius 2 is 2.05 bits per heavy atom. The van der Waals surface area contributed by atoms with Crippen LogP contribution in [0.3, 0.4) is 0 Å². The Morgan fingerprint density at radius 1 is 1.35 bits per heavy atom. The normalized spacial score (nSPS) is 10.4. The van der Waals surface area contributed by atoms with Gasteiger partial charge >= 0.3 is 0 Å². The zero-order valence-corrected chi connectivity index (χ0v) is 12.8. The minimum atomic E-state index is -0.507. The molecule has 0 heterocycles. The summed E-state index contributed by atoms with van der Waals surface area (Å²) >= 11 is 9.13. The molecule has 0 aliphatic rings. The number of nitrogens with two attached hydrogens (primary N) is 1. The van der Waals surface area contributed by atoms with Gasteiger partial charge in [-0.05, 0) is 53.2 Å². The second-order valence-corrected chi connectivity index (χ2v) is 5.52. The van der Waals surface area contributed by atoms with Gasteiger partial charge in [-0.2, -0.15) is 0 Å². The van der Waals surface area contributed by atoms with E-state index in [0.717, 1.165) is 6.07 Å². The van der Waals surface area contributed by atoms with Crippen molar-refractivity contribution in [2.24, 2.45) is 0 Å². The van der Waals surface area contributed by atoms with E-state index in [0.29, 0.717) is 20.7 Å². The molecule has 3 nitrogen and oxygen atoms in total. The Kier molecular flexibility index (Phi) is 4.30. The van der Waals surface area contributed by atoms with Crippen LogP contribution in [-0.4, -0.2) is 5.91 Å². The maximum atomic E-state index is 13.6. The molecule has 0 fully saturated rings. The molecule has 0 unspecified atom stereocenters. The summed E-state index contributed by atoms with van der Waals surface area (Å²) in [6.07, 6.45) is 0. The van der Waals surface area contributed by atoms with Crippen molar-refractivity contribution in [1.82, 2.24) is 0 Å². The number of anilines is 2. The molecular weight excluding hydrogens is 347 g/mol. The van der Waals surface area contributed by atoms with Gasteiger partial charge in [0.25, 0.3) is 5.91 Å². The third-order valence-electron chi connectivity index (χ3n) is 2.82. The molecule has 2 rings (SSSR count). The zero-order chi connectivity index (χ0) is 14.9. The monoisotopic (exact) mass is 356 g/mol. The van der Waals surface area contributed by atoms with Gasteiger partial charge in [-0.3, -0.25) is 4.79 Å². The maximum Gasteiger partial charge on any atom is 0.255 e. The van der Waals surface area contributed by atoms with Crippen LogP contribution >= 0.6 is 27.5 Å². The standard InChI is InChI=1S/C14H11BrClFN2O/c1-7-12(17)4-8(5-13(7)18)14(20)19-9-2-3-11(16)10(15)6-9/h2-6H,18H2,1H3,(H,19,20). The Balaban J connectivity index is 2.26. The fraction of sp³-hybridized carbons (Fsp3) is 0.0714. The van der Waals surface area contributed by atoms with Crippen molar-refractivity contribution in [2.45, 2.75) is 6.92 Å². The number of benzene rings is 2. The van der Waals surface area contributed by atoms with Gasteiger partial charge in [0, 0.05) is 27.0 Å². The number of hydrogen-bond acceptors (Lipinski definition) is 2. The Bertz CT molecular complexity index is 668. The summed E-state index contributed by atoms with van der Waals surface area (Å²) in [4.78, 5) is 12.0. The quantitative estimate of drug-likeness (QED) is 0.783. The molecule has 0 aliphatic carbocycles. The molecule has 20 heavy (non-hydrogen) atoms. The summed E-state index contributed by atoms with van der Waals surface area (Å²) in [5.41, 5.74) is 6.93. The van der Waals surface area contributed by atoms with Crippen LogP contribution in [0.2, 0.25) is 5.02 Å². The van der Waals surface area contributed by atoms with E-state index in [-0.39, 0.29) is 11.3 Å². The summed E-state index contributed by atoms with van der Waals surface area (Å²) in [5.74, 6) is -0.947. The van der Waals surface area contributed by atoms with Crippen molar-refractivity contribution in [3.8, 4) is 0 Å². The number of nitrogen functional groups attached to an aromatic ring is 1. The van der Waals surface area contributed by atoms with E-state index in [4.69, 9.17) is 17.3 Å². The molecule has 2 aromatic carbocycles. The fourth-order valence-electron chi connectivity index (χ4n) is 1.61. The summed E-state index contributed by atoms with van der Waals surface area (Å²) in [5, 5.41) is 3.19. The molecule has 1 amide bonds. The summed E-state index contributed by atoms with van der Waals surface area (Å²) in [7, 11) is 0. The summed E-state index contributed by atoms with van der Waals surface area (Å²) in [6, 6.07) is 7.56. The SMILES string of the molecule is Cc1c(N)cc(C(=O)Nc2ccc(Cl)c(Br)c2)cc1F. The van der Waals surface area contributed by atoms with Crippen LogP contribution in [-0.2, 0) is 0 Å². The number of rotatable bonds is 2. The zero-order valence-electron chi connectivity index (χ0n) is 10.5. The molecule has 0 aliphatic heterocycles. The molecule has 104 valence electrons. The average Bonchev–Trinajstić information content (AvgIpc) is 2.39. The molecule has 0 radical (unpaired) electrons. The summed E-state index contributed by atoms with van der Waals surface area (Å²) < 4.78 is 14.2. The summed E-state index contributed by atoms with van der Waals surface area (Å²) in [6.45, 7) is 1.56. The molecule has 0 aromatic heterocycles. The Labute approximate surface area is 129 Å². The van der Waals surface area contributed by atoms with Crippen molar-refractivity contribution in [1.29, 1.82) is 0 Å². The third kappa shape index (κ3) is 3.11. The molecule has 0 bridgehead atoms. The minimum absolute atomic E-state index is 0.164. The number of amides is 1. The Morgan fingerprint density at radius 3 is 2.65 bits per heavy atom. The molecule has 0 spiro atoms. The Hall–Kier alpha value is -1.59. The minimum Gasteiger partial charge on any atom is -0.398 e. The molecule has 2 aromatic rings. The van der Waals surface area contributed by atoms with Crippen molar-refractivity contribution >= 4 is 44.8 Å². The lowest BCUT2D eigenvalue weighted by molar-refractivity contribution is 0.102. The fourth-order valence-corrected chi connectivity index (χ4v) is 2.10. The lowest BCUT2D eigenvalue weighted by atomic mass is 10.1. The highest BCUT2D eigenvalue weighted by Crippen LogP contribution is 2.26. The van der Waals surface area contributed by atoms with Crippen molar-refractivity contribution in [3.63, 3.8) is 0 Å². The van der Waals surface area contributed by atoms with Gasteiger partial charge in [0.2, 0.25) is 0 Å². The highest BCUT2D eigenvalue weighted by Gasteiger charge is 2.12. The van der Waals surface area contributed by atoms with E-state index >= 15 is 0 Å². The van der Waals surface area contributed by atoms with Crippen molar-refractivity contribution in [3.05, 3.63) is 56.8 Å². The largest absolute Gasteiger partial charge is 0.398 e. The first kappa shape index (κ1) is 14.8. The van der Waals surface area contributed by atoms with Crippen molar-refractivity contribution in [2.75, 3.05) is 11.1 Å². The van der Waals surface area contributed by atoms with Crippen molar-refractivity contribution < 1.29 is 9.18 Å². The van der Waals surface area contributed by atoms with Crippen LogP contribution in [0.5, 0.6) is 0 Å². The van der Waals surface area contributed by atoms with Crippen LogP contribution < -0.4 is 11.1 Å².